The molecule has 2 aliphatic rings. The second-order valence-electron chi connectivity index (χ2n) is 7.63. The Morgan fingerprint density at radius 2 is 2.05 bits per heavy atom. The topological polar surface area (TPSA) is 35.5 Å². The second kappa shape index (κ2) is 6.11. The zero-order chi connectivity index (χ0) is 13.9. The molecular weight excluding hydrogens is 236 g/mol. The molecule has 2 atom stereocenters. The summed E-state index contributed by atoms with van der Waals surface area (Å²) >= 11 is 0. The van der Waals surface area contributed by atoms with Crippen LogP contribution in [0.4, 0.5) is 0 Å². The highest BCUT2D eigenvalue weighted by molar-refractivity contribution is 4.95. The summed E-state index contributed by atoms with van der Waals surface area (Å²) < 4.78 is 0. The summed E-state index contributed by atoms with van der Waals surface area (Å²) in [6, 6.07) is 0. The normalized spacial score (nSPS) is 33.2. The van der Waals surface area contributed by atoms with Gasteiger partial charge in [0, 0.05) is 24.5 Å². The van der Waals surface area contributed by atoms with Gasteiger partial charge >= 0.3 is 0 Å². The van der Waals surface area contributed by atoms with Crippen LogP contribution in [0.2, 0.25) is 0 Å². The van der Waals surface area contributed by atoms with Gasteiger partial charge in [0.05, 0.1) is 5.60 Å². The first-order chi connectivity index (χ1) is 8.89. The van der Waals surface area contributed by atoms with Gasteiger partial charge in [-0.15, -0.1) is 0 Å². The number of nitrogens with one attached hydrogen (secondary N) is 1. The van der Waals surface area contributed by atoms with Crippen molar-refractivity contribution in [1.29, 1.82) is 0 Å². The van der Waals surface area contributed by atoms with Gasteiger partial charge in [-0.05, 0) is 59.5 Å². The third-order valence-electron chi connectivity index (χ3n) is 4.82. The molecule has 0 aromatic rings. The Bertz CT molecular complexity index is 287. The summed E-state index contributed by atoms with van der Waals surface area (Å²) in [5, 5.41) is 14.2. The van der Waals surface area contributed by atoms with E-state index in [0.717, 1.165) is 32.5 Å². The van der Waals surface area contributed by atoms with Gasteiger partial charge in [0.1, 0.15) is 0 Å². The fourth-order valence-corrected chi connectivity index (χ4v) is 3.61. The summed E-state index contributed by atoms with van der Waals surface area (Å²) in [7, 11) is 0. The number of fused-ring (bicyclic) bond motifs is 1. The molecule has 1 aliphatic heterocycles. The molecule has 0 radical (unpaired) electrons. The van der Waals surface area contributed by atoms with E-state index in [1.165, 1.54) is 32.2 Å². The predicted octanol–water partition coefficient (Wildman–Crippen LogP) is 2.39. The Balaban J connectivity index is 1.69. The SMILES string of the molecule is CC(C)(C)NCCCN1CCC2(O)CCCCC2C1. The highest BCUT2D eigenvalue weighted by Crippen LogP contribution is 2.39. The van der Waals surface area contributed by atoms with Crippen molar-refractivity contribution in [2.45, 2.75) is 70.4 Å². The number of likely N-dealkylation sites (tertiary alicyclic amines) is 1. The maximum absolute atomic E-state index is 10.6. The van der Waals surface area contributed by atoms with Gasteiger partial charge in [-0.3, -0.25) is 0 Å². The van der Waals surface area contributed by atoms with Crippen LogP contribution in [0, 0.1) is 5.92 Å². The third kappa shape index (κ3) is 4.44. The largest absolute Gasteiger partial charge is 0.390 e. The molecule has 0 bridgehead atoms. The highest BCUT2D eigenvalue weighted by atomic mass is 16.3. The van der Waals surface area contributed by atoms with Crippen molar-refractivity contribution in [2.24, 2.45) is 5.92 Å². The molecule has 2 rings (SSSR count). The van der Waals surface area contributed by atoms with E-state index >= 15 is 0 Å². The van der Waals surface area contributed by atoms with Crippen LogP contribution in [0.5, 0.6) is 0 Å². The van der Waals surface area contributed by atoms with Crippen molar-refractivity contribution in [3.05, 3.63) is 0 Å². The minimum absolute atomic E-state index is 0.228. The maximum atomic E-state index is 10.6. The van der Waals surface area contributed by atoms with Gasteiger partial charge in [-0.1, -0.05) is 12.8 Å². The number of rotatable bonds is 4. The minimum atomic E-state index is -0.321. The lowest BCUT2D eigenvalue weighted by Crippen LogP contribution is -2.53. The fraction of sp³-hybridized carbons (Fsp3) is 1.00. The smallest absolute Gasteiger partial charge is 0.0700 e. The van der Waals surface area contributed by atoms with Crippen LogP contribution >= 0.6 is 0 Å². The lowest BCUT2D eigenvalue weighted by atomic mass is 9.71. The van der Waals surface area contributed by atoms with Gasteiger partial charge < -0.3 is 15.3 Å². The predicted molar refractivity (Wildman–Crippen MR) is 80.3 cm³/mol. The van der Waals surface area contributed by atoms with Crippen LogP contribution in [-0.2, 0) is 0 Å². The molecule has 1 saturated carbocycles. The molecule has 2 N–H and O–H groups in total. The van der Waals surface area contributed by atoms with Crippen LogP contribution in [0.15, 0.2) is 0 Å². The molecule has 19 heavy (non-hydrogen) atoms. The Kier molecular flexibility index (Phi) is 4.91. The zero-order valence-electron chi connectivity index (χ0n) is 13.0. The summed E-state index contributed by atoms with van der Waals surface area (Å²) in [6.07, 6.45) is 7.01. The number of nitrogens with zero attached hydrogens (tertiary/aromatic N) is 1. The molecule has 3 heteroatoms. The Labute approximate surface area is 118 Å². The van der Waals surface area contributed by atoms with Gasteiger partial charge in [-0.25, -0.2) is 0 Å². The van der Waals surface area contributed by atoms with Crippen LogP contribution in [0.25, 0.3) is 0 Å². The third-order valence-corrected chi connectivity index (χ3v) is 4.82. The quantitative estimate of drug-likeness (QED) is 0.769. The van der Waals surface area contributed by atoms with E-state index in [0.29, 0.717) is 5.92 Å². The molecule has 0 spiro atoms. The second-order valence-corrected chi connectivity index (χ2v) is 7.63. The van der Waals surface area contributed by atoms with E-state index in [2.05, 4.69) is 31.0 Å². The molecule has 1 saturated heterocycles. The molecule has 1 aliphatic carbocycles. The average Bonchev–Trinajstić information content (AvgIpc) is 2.33. The first kappa shape index (κ1) is 15.3. The van der Waals surface area contributed by atoms with Crippen molar-refractivity contribution in [2.75, 3.05) is 26.2 Å². The van der Waals surface area contributed by atoms with Crippen molar-refractivity contribution in [3.8, 4) is 0 Å². The van der Waals surface area contributed by atoms with Gasteiger partial charge in [0.25, 0.3) is 0 Å². The van der Waals surface area contributed by atoms with Crippen LogP contribution < -0.4 is 5.32 Å². The Morgan fingerprint density at radius 1 is 1.26 bits per heavy atom. The van der Waals surface area contributed by atoms with Crippen molar-refractivity contribution in [1.82, 2.24) is 10.2 Å². The average molecular weight is 268 g/mol. The Morgan fingerprint density at radius 3 is 2.79 bits per heavy atom. The summed E-state index contributed by atoms with van der Waals surface area (Å²) in [5.41, 5.74) is -0.0933. The lowest BCUT2D eigenvalue weighted by molar-refractivity contribution is -0.0952. The van der Waals surface area contributed by atoms with E-state index in [1.54, 1.807) is 0 Å². The number of hydrogen-bond donors (Lipinski definition) is 2. The molecule has 112 valence electrons. The number of aliphatic hydroxyl groups is 1. The first-order valence-corrected chi connectivity index (χ1v) is 8.09. The molecule has 3 nitrogen and oxygen atoms in total. The molecule has 2 unspecified atom stereocenters. The van der Waals surface area contributed by atoms with E-state index in [1.807, 2.05) is 0 Å². The molecule has 0 aromatic carbocycles. The molecule has 0 amide bonds. The fourth-order valence-electron chi connectivity index (χ4n) is 3.61. The van der Waals surface area contributed by atoms with Gasteiger partial charge in [0.2, 0.25) is 0 Å². The number of piperidine rings is 1. The summed E-state index contributed by atoms with van der Waals surface area (Å²) in [4.78, 5) is 2.56. The number of hydrogen-bond acceptors (Lipinski definition) is 3. The molecule has 1 heterocycles. The lowest BCUT2D eigenvalue weighted by Gasteiger charge is -2.47. The molecule has 0 aromatic heterocycles. The van der Waals surface area contributed by atoms with E-state index in [9.17, 15) is 5.11 Å². The maximum Gasteiger partial charge on any atom is 0.0700 e. The molecule has 2 fully saturated rings. The van der Waals surface area contributed by atoms with Gasteiger partial charge in [0.15, 0.2) is 0 Å². The van der Waals surface area contributed by atoms with E-state index < -0.39 is 0 Å². The monoisotopic (exact) mass is 268 g/mol. The summed E-state index contributed by atoms with van der Waals surface area (Å²) in [5.74, 6) is 0.533. The van der Waals surface area contributed by atoms with Crippen molar-refractivity contribution < 1.29 is 5.11 Å². The zero-order valence-corrected chi connectivity index (χ0v) is 13.0. The van der Waals surface area contributed by atoms with Crippen molar-refractivity contribution >= 4 is 0 Å². The first-order valence-electron chi connectivity index (χ1n) is 8.09. The standard InChI is InChI=1S/C16H32N2O/c1-15(2,3)17-10-6-11-18-12-9-16(19)8-5-4-7-14(16)13-18/h14,17,19H,4-13H2,1-3H3. The van der Waals surface area contributed by atoms with Crippen LogP contribution in [0.1, 0.15) is 59.3 Å². The minimum Gasteiger partial charge on any atom is -0.390 e. The Hall–Kier alpha value is -0.120. The molecular formula is C16H32N2O. The van der Waals surface area contributed by atoms with Crippen LogP contribution in [-0.4, -0.2) is 47.3 Å². The van der Waals surface area contributed by atoms with E-state index in [-0.39, 0.29) is 11.1 Å². The van der Waals surface area contributed by atoms with Gasteiger partial charge in [-0.2, -0.15) is 0 Å². The summed E-state index contributed by atoms with van der Waals surface area (Å²) in [6.45, 7) is 11.1. The van der Waals surface area contributed by atoms with E-state index in [4.69, 9.17) is 0 Å². The highest BCUT2D eigenvalue weighted by Gasteiger charge is 2.42. The van der Waals surface area contributed by atoms with Crippen molar-refractivity contribution in [3.63, 3.8) is 0 Å². The van der Waals surface area contributed by atoms with Crippen LogP contribution in [0.3, 0.4) is 0 Å².